The SMILES string of the molecule is CCOC(=O)C(=Cc1ccc(OS(=O)(=O)C(F)(F)F)c(OCC)c1)CC. The van der Waals surface area contributed by atoms with Gasteiger partial charge in [-0.1, -0.05) is 13.0 Å². The summed E-state index contributed by atoms with van der Waals surface area (Å²) in [5.41, 5.74) is -4.81. The van der Waals surface area contributed by atoms with E-state index in [0.717, 1.165) is 6.07 Å². The van der Waals surface area contributed by atoms with Crippen LogP contribution in [0.2, 0.25) is 0 Å². The number of halogens is 3. The van der Waals surface area contributed by atoms with Crippen molar-refractivity contribution in [3.8, 4) is 11.5 Å². The number of carbonyl (C=O) groups is 1. The van der Waals surface area contributed by atoms with Crippen molar-refractivity contribution in [3.05, 3.63) is 29.3 Å². The van der Waals surface area contributed by atoms with Crippen LogP contribution in [0, 0.1) is 0 Å². The number of carbonyl (C=O) groups excluding carboxylic acids is 1. The number of esters is 1. The van der Waals surface area contributed by atoms with E-state index in [2.05, 4.69) is 4.18 Å². The molecule has 0 aliphatic heterocycles. The van der Waals surface area contributed by atoms with Crippen molar-refractivity contribution < 1.29 is 40.0 Å². The molecule has 0 aliphatic carbocycles. The molecule has 0 radical (unpaired) electrons. The Labute approximate surface area is 149 Å². The highest BCUT2D eigenvalue weighted by Crippen LogP contribution is 2.34. The molecule has 1 aromatic carbocycles. The van der Waals surface area contributed by atoms with Gasteiger partial charge in [-0.15, -0.1) is 0 Å². The molecule has 0 heterocycles. The van der Waals surface area contributed by atoms with Gasteiger partial charge < -0.3 is 13.7 Å². The maximum absolute atomic E-state index is 12.5. The quantitative estimate of drug-likeness (QED) is 0.289. The van der Waals surface area contributed by atoms with Gasteiger partial charge in [0.05, 0.1) is 13.2 Å². The van der Waals surface area contributed by atoms with Crippen molar-refractivity contribution >= 4 is 22.2 Å². The Morgan fingerprint density at radius 1 is 1.12 bits per heavy atom. The molecule has 10 heteroatoms. The zero-order valence-corrected chi connectivity index (χ0v) is 15.2. The highest BCUT2D eigenvalue weighted by molar-refractivity contribution is 7.88. The van der Waals surface area contributed by atoms with Gasteiger partial charge in [-0.25, -0.2) is 4.79 Å². The first kappa shape index (κ1) is 21.8. The minimum Gasteiger partial charge on any atom is -0.490 e. The number of benzene rings is 1. The number of alkyl halides is 3. The first-order valence-electron chi connectivity index (χ1n) is 7.71. The van der Waals surface area contributed by atoms with Crippen LogP contribution < -0.4 is 8.92 Å². The highest BCUT2D eigenvalue weighted by atomic mass is 32.2. The van der Waals surface area contributed by atoms with Gasteiger partial charge in [-0.2, -0.15) is 21.6 Å². The molecular weight excluding hydrogens is 377 g/mol. The lowest BCUT2D eigenvalue weighted by Gasteiger charge is -2.14. The Bertz CT molecular complexity index is 769. The van der Waals surface area contributed by atoms with Gasteiger partial charge in [0.25, 0.3) is 0 Å². The Kier molecular flexibility index (Phi) is 7.49. The van der Waals surface area contributed by atoms with Crippen LogP contribution in [0.15, 0.2) is 23.8 Å². The van der Waals surface area contributed by atoms with Gasteiger partial charge in [0.2, 0.25) is 0 Å². The van der Waals surface area contributed by atoms with Crippen LogP contribution in [-0.2, 0) is 19.6 Å². The van der Waals surface area contributed by atoms with Crippen molar-refractivity contribution in [2.75, 3.05) is 13.2 Å². The monoisotopic (exact) mass is 396 g/mol. The van der Waals surface area contributed by atoms with Crippen molar-refractivity contribution in [1.29, 1.82) is 0 Å². The van der Waals surface area contributed by atoms with Crippen LogP contribution in [0.4, 0.5) is 13.2 Å². The fourth-order valence-electron chi connectivity index (χ4n) is 1.85. The van der Waals surface area contributed by atoms with E-state index in [0.29, 0.717) is 17.6 Å². The molecule has 0 aromatic heterocycles. The minimum absolute atomic E-state index is 0.0636. The Morgan fingerprint density at radius 3 is 2.27 bits per heavy atom. The summed E-state index contributed by atoms with van der Waals surface area (Å²) in [7, 11) is -5.82. The summed E-state index contributed by atoms with van der Waals surface area (Å²) in [5, 5.41) is 0. The zero-order chi connectivity index (χ0) is 20.0. The first-order valence-corrected chi connectivity index (χ1v) is 9.11. The summed E-state index contributed by atoms with van der Waals surface area (Å²) in [5.74, 6) is -1.32. The number of ether oxygens (including phenoxy) is 2. The molecule has 1 rings (SSSR count). The normalized spacial score (nSPS) is 12.6. The van der Waals surface area contributed by atoms with Crippen molar-refractivity contribution in [3.63, 3.8) is 0 Å². The zero-order valence-electron chi connectivity index (χ0n) is 14.4. The van der Waals surface area contributed by atoms with Gasteiger partial charge in [0, 0.05) is 5.57 Å². The molecule has 1 aromatic rings. The summed E-state index contributed by atoms with van der Waals surface area (Å²) in [6.07, 6.45) is 1.84. The minimum atomic E-state index is -5.82. The lowest BCUT2D eigenvalue weighted by Crippen LogP contribution is -2.28. The molecule has 0 amide bonds. The molecular formula is C16H19F3O6S. The molecule has 0 bridgehead atoms. The predicted molar refractivity (Wildman–Crippen MR) is 88.1 cm³/mol. The van der Waals surface area contributed by atoms with Crippen molar-refractivity contribution in [2.24, 2.45) is 0 Å². The summed E-state index contributed by atoms with van der Waals surface area (Å²) in [4.78, 5) is 11.8. The molecule has 0 spiro atoms. The van der Waals surface area contributed by atoms with E-state index < -0.39 is 27.3 Å². The van der Waals surface area contributed by atoms with Gasteiger partial charge in [-0.3, -0.25) is 0 Å². The van der Waals surface area contributed by atoms with Gasteiger partial charge in [-0.05, 0) is 44.0 Å². The van der Waals surface area contributed by atoms with Crippen molar-refractivity contribution in [2.45, 2.75) is 32.7 Å². The molecule has 26 heavy (non-hydrogen) atoms. The number of hydrogen-bond donors (Lipinski definition) is 0. The molecule has 0 aliphatic rings. The molecule has 0 saturated heterocycles. The Balaban J connectivity index is 3.26. The maximum atomic E-state index is 12.5. The fraction of sp³-hybridized carbons (Fsp3) is 0.438. The molecule has 6 nitrogen and oxygen atoms in total. The lowest BCUT2D eigenvalue weighted by molar-refractivity contribution is -0.138. The topological polar surface area (TPSA) is 78.9 Å². The Hall–Kier alpha value is -2.23. The van der Waals surface area contributed by atoms with Crippen LogP contribution in [0.5, 0.6) is 11.5 Å². The van der Waals surface area contributed by atoms with E-state index in [4.69, 9.17) is 9.47 Å². The third kappa shape index (κ3) is 5.65. The average molecular weight is 396 g/mol. The molecule has 0 atom stereocenters. The average Bonchev–Trinajstić information content (AvgIpc) is 2.54. The Morgan fingerprint density at radius 2 is 1.77 bits per heavy atom. The summed E-state index contributed by atoms with van der Waals surface area (Å²) >= 11 is 0. The predicted octanol–water partition coefficient (Wildman–Crippen LogP) is 3.67. The number of rotatable bonds is 8. The van der Waals surface area contributed by atoms with Crippen LogP contribution in [0.25, 0.3) is 6.08 Å². The van der Waals surface area contributed by atoms with E-state index in [1.807, 2.05) is 0 Å². The molecule has 0 unspecified atom stereocenters. The first-order chi connectivity index (χ1) is 12.1. The standard InChI is InChI=1S/C16H19F3O6S/c1-4-12(15(20)24-6-3)9-11-7-8-13(14(10-11)23-5-2)25-26(21,22)16(17,18)19/h7-10H,4-6H2,1-3H3. The fourth-order valence-corrected chi connectivity index (χ4v) is 2.32. The second-order valence-corrected chi connectivity index (χ2v) is 6.40. The second kappa shape index (κ2) is 8.93. The molecule has 0 N–H and O–H groups in total. The van der Waals surface area contributed by atoms with Crippen LogP contribution in [0.3, 0.4) is 0 Å². The van der Waals surface area contributed by atoms with E-state index in [9.17, 15) is 26.4 Å². The van der Waals surface area contributed by atoms with Crippen LogP contribution in [-0.4, -0.2) is 33.1 Å². The van der Waals surface area contributed by atoms with E-state index in [-0.39, 0.29) is 19.0 Å². The second-order valence-electron chi connectivity index (χ2n) is 4.87. The summed E-state index contributed by atoms with van der Waals surface area (Å²) in [6, 6.07) is 3.61. The van der Waals surface area contributed by atoms with Gasteiger partial charge in [0.15, 0.2) is 11.5 Å². The highest BCUT2D eigenvalue weighted by Gasteiger charge is 2.48. The van der Waals surface area contributed by atoms with Gasteiger partial charge >= 0.3 is 21.6 Å². The van der Waals surface area contributed by atoms with E-state index in [1.165, 1.54) is 18.2 Å². The maximum Gasteiger partial charge on any atom is 0.534 e. The van der Waals surface area contributed by atoms with Crippen LogP contribution in [0.1, 0.15) is 32.8 Å². The van der Waals surface area contributed by atoms with Gasteiger partial charge in [0.1, 0.15) is 0 Å². The van der Waals surface area contributed by atoms with Crippen molar-refractivity contribution in [1.82, 2.24) is 0 Å². The largest absolute Gasteiger partial charge is 0.534 e. The summed E-state index contributed by atoms with van der Waals surface area (Å²) in [6.45, 7) is 5.22. The molecule has 0 saturated carbocycles. The smallest absolute Gasteiger partial charge is 0.490 e. The molecule has 146 valence electrons. The third-order valence-electron chi connectivity index (χ3n) is 3.01. The number of hydrogen-bond acceptors (Lipinski definition) is 6. The van der Waals surface area contributed by atoms with E-state index in [1.54, 1.807) is 20.8 Å². The summed E-state index contributed by atoms with van der Waals surface area (Å²) < 4.78 is 74.0. The lowest BCUT2D eigenvalue weighted by atomic mass is 10.1. The van der Waals surface area contributed by atoms with E-state index >= 15 is 0 Å². The third-order valence-corrected chi connectivity index (χ3v) is 3.98. The molecule has 0 fully saturated rings. The van der Waals surface area contributed by atoms with Crippen LogP contribution >= 0.6 is 0 Å².